The monoisotopic (exact) mass is 866 g/mol. The predicted molar refractivity (Wildman–Crippen MR) is 240 cm³/mol. The third kappa shape index (κ3) is 8.26. The molecule has 0 unspecified atom stereocenters. The highest BCUT2D eigenvalue weighted by Gasteiger charge is 2.49. The molecule has 4 aliphatic heterocycles. The number of fused-ring (bicyclic) bond motifs is 7. The normalized spacial score (nSPS) is 27.3. The number of thiazole rings is 1. The Labute approximate surface area is 368 Å². The molecule has 15 heteroatoms. The van der Waals surface area contributed by atoms with E-state index in [9.17, 15) is 14.4 Å². The summed E-state index contributed by atoms with van der Waals surface area (Å²) >= 11 is 1.49. The lowest BCUT2D eigenvalue weighted by Gasteiger charge is -2.44. The van der Waals surface area contributed by atoms with Gasteiger partial charge in [0.1, 0.15) is 12.1 Å². The molecular formula is C47H62N8O6S. The summed E-state index contributed by atoms with van der Waals surface area (Å²) in [4.78, 5) is 56.9. The number of hydrogen-bond acceptors (Lipinski definition) is 12. The van der Waals surface area contributed by atoms with Crippen LogP contribution in [0, 0.1) is 23.2 Å². The van der Waals surface area contributed by atoms with Crippen molar-refractivity contribution >= 4 is 45.7 Å². The van der Waals surface area contributed by atoms with Gasteiger partial charge in [0.2, 0.25) is 5.91 Å². The first-order valence-corrected chi connectivity index (χ1v) is 23.5. The molecule has 4 aromatic rings. The number of hydrogen-bond donors (Lipinski definition) is 2. The molecule has 62 heavy (non-hydrogen) atoms. The van der Waals surface area contributed by atoms with E-state index in [4.69, 9.17) is 24.2 Å². The smallest absolute Gasteiger partial charge is 0.324 e. The molecule has 1 aliphatic carbocycles. The minimum Gasteiger partial charge on any atom is -0.464 e. The number of ether oxygens (including phenoxy) is 3. The first-order valence-electron chi connectivity index (χ1n) is 22.6. The lowest BCUT2D eigenvalue weighted by molar-refractivity contribution is -0.155. The summed E-state index contributed by atoms with van der Waals surface area (Å²) < 4.78 is 20.5. The van der Waals surface area contributed by atoms with Gasteiger partial charge in [-0.3, -0.25) is 29.3 Å². The van der Waals surface area contributed by atoms with Crippen LogP contribution >= 0.6 is 11.3 Å². The van der Waals surface area contributed by atoms with E-state index in [0.717, 1.165) is 94.8 Å². The first kappa shape index (κ1) is 42.9. The Morgan fingerprint density at radius 1 is 1.13 bits per heavy atom. The maximum atomic E-state index is 14.2. The Morgan fingerprint density at radius 3 is 2.73 bits per heavy atom. The number of methoxy groups -OCH3 is 1. The predicted octanol–water partition coefficient (Wildman–Crippen LogP) is 5.63. The van der Waals surface area contributed by atoms with E-state index in [1.807, 2.05) is 11.6 Å². The Hall–Kier alpha value is -4.41. The second kappa shape index (κ2) is 17.3. The summed E-state index contributed by atoms with van der Waals surface area (Å²) in [5.74, 6) is -0.384. The van der Waals surface area contributed by atoms with Crippen molar-refractivity contribution in [3.8, 4) is 22.5 Å². The van der Waals surface area contributed by atoms with Crippen molar-refractivity contribution in [1.29, 1.82) is 0 Å². The number of aromatic nitrogens is 3. The van der Waals surface area contributed by atoms with Crippen LogP contribution in [0.5, 0.6) is 0 Å². The van der Waals surface area contributed by atoms with Crippen LogP contribution in [0.25, 0.3) is 33.4 Å². The number of nitrogens with one attached hydrogen (secondary N) is 2. The highest BCUT2D eigenvalue weighted by atomic mass is 32.1. The van der Waals surface area contributed by atoms with Gasteiger partial charge in [-0.05, 0) is 68.7 Å². The molecule has 2 N–H and O–H groups in total. The summed E-state index contributed by atoms with van der Waals surface area (Å²) in [7, 11) is 1.73. The van der Waals surface area contributed by atoms with Crippen molar-refractivity contribution in [2.24, 2.45) is 23.2 Å². The number of esters is 1. The van der Waals surface area contributed by atoms with E-state index >= 15 is 0 Å². The number of aryl methyl sites for hydroxylation is 1. The van der Waals surface area contributed by atoms with Gasteiger partial charge in [0.25, 0.3) is 5.91 Å². The lowest BCUT2D eigenvalue weighted by Crippen LogP contribution is -2.60. The van der Waals surface area contributed by atoms with Crippen molar-refractivity contribution in [2.75, 3.05) is 64.6 Å². The second-order valence-electron chi connectivity index (χ2n) is 18.9. The van der Waals surface area contributed by atoms with Crippen molar-refractivity contribution in [3.63, 3.8) is 0 Å². The average Bonchev–Trinajstić information content (AvgIpc) is 3.54. The number of nitrogens with zero attached hydrogens (tertiary/aromatic N) is 6. The van der Waals surface area contributed by atoms with Gasteiger partial charge in [-0.25, -0.2) is 10.4 Å². The van der Waals surface area contributed by atoms with Crippen LogP contribution in [0.1, 0.15) is 76.8 Å². The molecule has 7 heterocycles. The van der Waals surface area contributed by atoms with Crippen LogP contribution in [0.15, 0.2) is 35.8 Å². The fourth-order valence-corrected chi connectivity index (χ4v) is 11.0. The van der Waals surface area contributed by atoms with Gasteiger partial charge in [0, 0.05) is 91.5 Å². The number of amides is 2. The molecule has 2 amide bonds. The molecule has 14 nitrogen and oxygen atoms in total. The summed E-state index contributed by atoms with van der Waals surface area (Å²) in [5, 5.41) is 8.49. The molecule has 7 atom stereocenters. The molecule has 0 spiro atoms. The number of piperazine rings is 1. The Morgan fingerprint density at radius 2 is 1.95 bits per heavy atom. The standard InChI is InChI=1S/C47H62N8O6S/c1-8-54-39-12-11-30-18-33(39)35(43(54)34-19-31(22-48-42(34)29(4)59-7)53-15-14-52-16-17-60-24-32(52)23-53)21-47(5,6)26-61-46(58)36-10-9-13-55(51-36)45(57)37(20-40-49-38(30)25-62-40)50-44(56)41-27(2)28(41)3/h11-12,18-19,22,25,27-29,32,36-37,41,51H,8-10,13-17,20-21,23-24,26H2,1-7H3,(H,50,56)/t27-,28+,29-,32-,36-,37-,41+/m0/s1. The topological polar surface area (TPSA) is 143 Å². The fourth-order valence-electron chi connectivity index (χ4n) is 10.2. The van der Waals surface area contributed by atoms with Crippen LogP contribution in [-0.2, 0) is 48.0 Å². The molecule has 1 aromatic carbocycles. The summed E-state index contributed by atoms with van der Waals surface area (Å²) in [5.41, 5.74) is 10.8. The SMILES string of the molecule is CCn1c(-c2cc(N3CCN4CCOC[C@@H]4C3)cnc2[C@H](C)OC)c2c3cc(ccc31)-c1csc(n1)C[C@H](NC(=O)[C@H]1[C@H](C)[C@@H]1C)C(=O)N1CCC[C@H](N1)C(=O)OCC(C)(C)C2. The third-order valence-electron chi connectivity index (χ3n) is 14.1. The van der Waals surface area contributed by atoms with Crippen LogP contribution in [0.4, 0.5) is 5.69 Å². The van der Waals surface area contributed by atoms with E-state index < -0.39 is 23.5 Å². The maximum absolute atomic E-state index is 14.2. The van der Waals surface area contributed by atoms with Gasteiger partial charge in [-0.15, -0.1) is 11.3 Å². The van der Waals surface area contributed by atoms with Gasteiger partial charge in [0.05, 0.1) is 65.9 Å². The van der Waals surface area contributed by atoms with E-state index in [0.29, 0.717) is 38.4 Å². The zero-order chi connectivity index (χ0) is 43.4. The number of anilines is 1. The van der Waals surface area contributed by atoms with Crippen molar-refractivity contribution < 1.29 is 28.6 Å². The zero-order valence-corrected chi connectivity index (χ0v) is 38.1. The second-order valence-corrected chi connectivity index (χ2v) is 19.9. The molecule has 1 saturated carbocycles. The molecule has 4 fully saturated rings. The average molecular weight is 867 g/mol. The number of cyclic esters (lactones) is 1. The number of carbonyl (C=O) groups is 3. The van der Waals surface area contributed by atoms with E-state index in [1.54, 1.807) is 7.11 Å². The molecular weight excluding hydrogens is 805 g/mol. The Kier molecular flexibility index (Phi) is 12.0. The van der Waals surface area contributed by atoms with Crippen LogP contribution < -0.4 is 15.6 Å². The van der Waals surface area contributed by atoms with Crippen molar-refractivity contribution in [2.45, 2.75) is 98.0 Å². The van der Waals surface area contributed by atoms with Gasteiger partial charge < -0.3 is 29.0 Å². The highest BCUT2D eigenvalue weighted by Crippen LogP contribution is 2.46. The van der Waals surface area contributed by atoms with Crippen LogP contribution in [0.2, 0.25) is 0 Å². The van der Waals surface area contributed by atoms with E-state index in [2.05, 4.69) is 90.9 Å². The Bertz CT molecular complexity index is 2340. The number of rotatable bonds is 7. The van der Waals surface area contributed by atoms with Crippen molar-refractivity contribution in [3.05, 3.63) is 52.1 Å². The molecule has 6 bridgehead atoms. The summed E-state index contributed by atoms with van der Waals surface area (Å²) in [6, 6.07) is 7.67. The van der Waals surface area contributed by atoms with Crippen LogP contribution in [0.3, 0.4) is 0 Å². The highest BCUT2D eigenvalue weighted by molar-refractivity contribution is 7.10. The number of morpholine rings is 1. The third-order valence-corrected chi connectivity index (χ3v) is 15.0. The summed E-state index contributed by atoms with van der Waals surface area (Å²) in [6.07, 6.45) is 3.74. The largest absolute Gasteiger partial charge is 0.464 e. The fraction of sp³-hybridized carbons (Fsp3) is 0.596. The van der Waals surface area contributed by atoms with Gasteiger partial charge >= 0.3 is 5.97 Å². The quantitative estimate of drug-likeness (QED) is 0.224. The molecule has 9 rings (SSSR count). The minimum atomic E-state index is -0.843. The van der Waals surface area contributed by atoms with Gasteiger partial charge in [0.15, 0.2) is 0 Å². The number of benzene rings is 1. The number of pyridine rings is 1. The van der Waals surface area contributed by atoms with Gasteiger partial charge in [-0.2, -0.15) is 0 Å². The molecule has 3 saturated heterocycles. The van der Waals surface area contributed by atoms with Gasteiger partial charge in [-0.1, -0.05) is 33.8 Å². The minimum absolute atomic E-state index is 0.114. The maximum Gasteiger partial charge on any atom is 0.324 e. The number of hydrazine groups is 1. The first-order chi connectivity index (χ1) is 29.8. The Balaban J connectivity index is 1.15. The number of carbonyl (C=O) groups excluding carboxylic acids is 3. The van der Waals surface area contributed by atoms with Crippen LogP contribution in [-0.4, -0.2) is 120 Å². The van der Waals surface area contributed by atoms with E-state index in [-0.39, 0.29) is 48.7 Å². The molecule has 3 aromatic heterocycles. The molecule has 5 aliphatic rings. The van der Waals surface area contributed by atoms with Crippen molar-refractivity contribution in [1.82, 2.24) is 35.2 Å². The van der Waals surface area contributed by atoms with E-state index in [1.165, 1.54) is 16.3 Å². The zero-order valence-electron chi connectivity index (χ0n) is 37.2. The molecule has 332 valence electrons. The summed E-state index contributed by atoms with van der Waals surface area (Å²) in [6.45, 7) is 19.2. The molecule has 0 radical (unpaired) electrons. The lowest BCUT2D eigenvalue weighted by atomic mass is 9.84.